The third-order valence-corrected chi connectivity index (χ3v) is 7.87. The summed E-state index contributed by atoms with van der Waals surface area (Å²) in [6.45, 7) is 3.69. The molecule has 2 aliphatic rings. The standard InChI is InChI=1S/C26H25N3O6S/c1-14-11-16(12-19-22(30)27-26(33)28(23(19)31)13-17-7-6-10-35-17)15(2)29(14)24-21(25(32)34-3)18-8-4-5-9-20(18)36-24/h6-7,10-12H,4-5,8-9,13H2,1-3H3,(H,27,30,33)/b19-12+. The van der Waals surface area contributed by atoms with Gasteiger partial charge in [-0.25, -0.2) is 9.59 Å². The number of methoxy groups -OCH3 is 1. The molecule has 0 radical (unpaired) electrons. The summed E-state index contributed by atoms with van der Waals surface area (Å²) < 4.78 is 12.4. The summed E-state index contributed by atoms with van der Waals surface area (Å²) in [5, 5.41) is 3.01. The number of rotatable bonds is 5. The van der Waals surface area contributed by atoms with E-state index < -0.39 is 17.8 Å². The Hall–Kier alpha value is -3.92. The maximum Gasteiger partial charge on any atom is 0.341 e. The molecule has 10 heteroatoms. The normalized spacial score (nSPS) is 16.9. The van der Waals surface area contributed by atoms with Crippen LogP contribution in [-0.2, 0) is 33.7 Å². The van der Waals surface area contributed by atoms with Crippen LogP contribution in [0.15, 0.2) is 34.5 Å². The number of barbiturate groups is 1. The first kappa shape index (κ1) is 23.8. The van der Waals surface area contributed by atoms with E-state index in [0.717, 1.165) is 52.5 Å². The highest BCUT2D eigenvalue weighted by Gasteiger charge is 2.36. The molecule has 1 N–H and O–H groups in total. The van der Waals surface area contributed by atoms with E-state index in [1.54, 1.807) is 23.5 Å². The maximum absolute atomic E-state index is 13.1. The van der Waals surface area contributed by atoms with Gasteiger partial charge in [-0.3, -0.25) is 19.8 Å². The molecule has 0 saturated carbocycles. The highest BCUT2D eigenvalue weighted by Crippen LogP contribution is 2.39. The molecule has 186 valence electrons. The fourth-order valence-electron chi connectivity index (χ4n) is 4.82. The lowest BCUT2D eigenvalue weighted by atomic mass is 9.95. The third kappa shape index (κ3) is 3.97. The summed E-state index contributed by atoms with van der Waals surface area (Å²) in [4.78, 5) is 53.0. The van der Waals surface area contributed by atoms with Crippen molar-refractivity contribution < 1.29 is 28.3 Å². The van der Waals surface area contributed by atoms with Crippen LogP contribution in [0.5, 0.6) is 0 Å². The number of imide groups is 2. The van der Waals surface area contributed by atoms with Crippen LogP contribution in [0.4, 0.5) is 4.79 Å². The number of carbonyl (C=O) groups is 4. The second-order valence-corrected chi connectivity index (χ2v) is 9.92. The molecule has 36 heavy (non-hydrogen) atoms. The van der Waals surface area contributed by atoms with Crippen LogP contribution in [0.1, 0.15) is 56.4 Å². The summed E-state index contributed by atoms with van der Waals surface area (Å²) in [6.07, 6.45) is 6.81. The third-order valence-electron chi connectivity index (χ3n) is 6.60. The van der Waals surface area contributed by atoms with E-state index in [0.29, 0.717) is 16.9 Å². The zero-order valence-corrected chi connectivity index (χ0v) is 21.0. The zero-order chi connectivity index (χ0) is 25.6. The predicted octanol–water partition coefficient (Wildman–Crippen LogP) is 4.08. The molecule has 0 bridgehead atoms. The molecule has 4 amide bonds. The van der Waals surface area contributed by atoms with Gasteiger partial charge in [-0.1, -0.05) is 0 Å². The Morgan fingerprint density at radius 3 is 2.72 bits per heavy atom. The smallest absolute Gasteiger partial charge is 0.341 e. The molecule has 1 saturated heterocycles. The number of urea groups is 1. The molecule has 4 heterocycles. The lowest BCUT2D eigenvalue weighted by molar-refractivity contribution is -0.130. The van der Waals surface area contributed by atoms with Crippen molar-refractivity contribution in [2.24, 2.45) is 0 Å². The number of esters is 1. The largest absolute Gasteiger partial charge is 0.467 e. The minimum atomic E-state index is -0.795. The average Bonchev–Trinajstić information content (AvgIpc) is 3.56. The van der Waals surface area contributed by atoms with Crippen LogP contribution < -0.4 is 5.32 Å². The Balaban J connectivity index is 1.56. The summed E-state index contributed by atoms with van der Waals surface area (Å²) in [6, 6.07) is 4.36. The SMILES string of the molecule is COC(=O)c1c(-n2c(C)cc(/C=C3\C(=O)NC(=O)N(Cc4ccco4)C3=O)c2C)sc2c1CCCC2. The Labute approximate surface area is 211 Å². The molecule has 0 spiro atoms. The Kier molecular flexibility index (Phi) is 6.13. The summed E-state index contributed by atoms with van der Waals surface area (Å²) >= 11 is 1.58. The van der Waals surface area contributed by atoms with Gasteiger partial charge in [0.15, 0.2) is 0 Å². The first-order valence-electron chi connectivity index (χ1n) is 11.6. The van der Waals surface area contributed by atoms with Crippen LogP contribution in [0, 0.1) is 13.8 Å². The molecule has 9 nitrogen and oxygen atoms in total. The van der Waals surface area contributed by atoms with E-state index in [1.807, 2.05) is 24.5 Å². The van der Waals surface area contributed by atoms with Crippen molar-refractivity contribution in [3.63, 3.8) is 0 Å². The Morgan fingerprint density at radius 2 is 2.00 bits per heavy atom. The molecule has 0 unspecified atom stereocenters. The highest BCUT2D eigenvalue weighted by atomic mass is 32.1. The minimum Gasteiger partial charge on any atom is -0.467 e. The number of thiophene rings is 1. The van der Waals surface area contributed by atoms with E-state index >= 15 is 0 Å². The summed E-state index contributed by atoms with van der Waals surface area (Å²) in [5.41, 5.74) is 3.73. The van der Waals surface area contributed by atoms with Gasteiger partial charge in [0.1, 0.15) is 16.3 Å². The second-order valence-electron chi connectivity index (χ2n) is 8.83. The fraction of sp³-hybridized carbons (Fsp3) is 0.308. The molecule has 3 aromatic rings. The number of hydrogen-bond acceptors (Lipinski definition) is 7. The number of hydrogen-bond donors (Lipinski definition) is 1. The number of aryl methyl sites for hydroxylation is 2. The van der Waals surface area contributed by atoms with Crippen LogP contribution in [0.2, 0.25) is 0 Å². The van der Waals surface area contributed by atoms with Crippen LogP contribution in [0.3, 0.4) is 0 Å². The van der Waals surface area contributed by atoms with Crippen molar-refractivity contribution in [1.82, 2.24) is 14.8 Å². The number of ether oxygens (including phenoxy) is 1. The number of furan rings is 1. The van der Waals surface area contributed by atoms with E-state index in [2.05, 4.69) is 5.32 Å². The van der Waals surface area contributed by atoms with E-state index in [4.69, 9.17) is 9.15 Å². The predicted molar refractivity (Wildman–Crippen MR) is 132 cm³/mol. The van der Waals surface area contributed by atoms with Gasteiger partial charge in [0.25, 0.3) is 11.8 Å². The number of carbonyl (C=O) groups excluding carboxylic acids is 4. The molecule has 0 atom stereocenters. The van der Waals surface area contributed by atoms with Crippen LogP contribution in [0.25, 0.3) is 11.1 Å². The first-order chi connectivity index (χ1) is 17.3. The van der Waals surface area contributed by atoms with Crippen molar-refractivity contribution in [2.75, 3.05) is 7.11 Å². The number of fused-ring (bicyclic) bond motifs is 1. The number of nitrogens with zero attached hydrogens (tertiary/aromatic N) is 2. The molecular formula is C26H25N3O6S. The van der Waals surface area contributed by atoms with E-state index in [9.17, 15) is 19.2 Å². The Bertz CT molecular complexity index is 1430. The van der Waals surface area contributed by atoms with E-state index in [-0.39, 0.29) is 18.1 Å². The second kappa shape index (κ2) is 9.27. The van der Waals surface area contributed by atoms with Gasteiger partial charge in [0, 0.05) is 16.3 Å². The van der Waals surface area contributed by atoms with Crippen molar-refractivity contribution in [1.29, 1.82) is 0 Å². The van der Waals surface area contributed by atoms with Gasteiger partial charge in [0.05, 0.1) is 25.5 Å². The van der Waals surface area contributed by atoms with Crippen LogP contribution >= 0.6 is 11.3 Å². The van der Waals surface area contributed by atoms with Gasteiger partial charge in [-0.2, -0.15) is 0 Å². The Morgan fingerprint density at radius 1 is 1.22 bits per heavy atom. The zero-order valence-electron chi connectivity index (χ0n) is 20.2. The highest BCUT2D eigenvalue weighted by molar-refractivity contribution is 7.15. The van der Waals surface area contributed by atoms with Crippen molar-refractivity contribution in [2.45, 2.75) is 46.1 Å². The molecular weight excluding hydrogens is 482 g/mol. The minimum absolute atomic E-state index is 0.0927. The summed E-state index contributed by atoms with van der Waals surface area (Å²) in [5.74, 6) is -1.41. The van der Waals surface area contributed by atoms with Gasteiger partial charge in [0.2, 0.25) is 0 Å². The molecule has 3 aromatic heterocycles. The number of aromatic nitrogens is 1. The van der Waals surface area contributed by atoms with Gasteiger partial charge < -0.3 is 13.7 Å². The summed E-state index contributed by atoms with van der Waals surface area (Å²) in [7, 11) is 1.38. The first-order valence-corrected chi connectivity index (χ1v) is 12.4. The van der Waals surface area contributed by atoms with Crippen molar-refractivity contribution in [3.05, 3.63) is 68.8 Å². The number of nitrogens with one attached hydrogen (secondary N) is 1. The quantitative estimate of drug-likeness (QED) is 0.317. The van der Waals surface area contributed by atoms with Gasteiger partial charge >= 0.3 is 12.0 Å². The van der Waals surface area contributed by atoms with Crippen molar-refractivity contribution in [3.8, 4) is 5.00 Å². The molecule has 5 rings (SSSR count). The molecule has 1 aliphatic heterocycles. The van der Waals surface area contributed by atoms with Crippen molar-refractivity contribution >= 4 is 41.2 Å². The van der Waals surface area contributed by atoms with Gasteiger partial charge in [-0.15, -0.1) is 11.3 Å². The topological polar surface area (TPSA) is 111 Å². The monoisotopic (exact) mass is 507 g/mol. The molecule has 1 aliphatic carbocycles. The maximum atomic E-state index is 13.1. The number of amides is 4. The molecule has 1 fully saturated rings. The fourth-order valence-corrected chi connectivity index (χ4v) is 6.31. The lowest BCUT2D eigenvalue weighted by Crippen LogP contribution is -2.53. The van der Waals surface area contributed by atoms with Crippen LogP contribution in [-0.4, -0.2) is 40.4 Å². The average molecular weight is 508 g/mol. The lowest BCUT2D eigenvalue weighted by Gasteiger charge is -2.25. The van der Waals surface area contributed by atoms with Gasteiger partial charge in [-0.05, 0) is 74.9 Å². The molecule has 0 aromatic carbocycles. The van der Waals surface area contributed by atoms with E-state index in [1.165, 1.54) is 24.3 Å².